The monoisotopic (exact) mass is 238 g/mol. The first-order valence-electron chi connectivity index (χ1n) is 5.35. The second kappa shape index (κ2) is 6.34. The molecule has 0 heterocycles. The molecule has 1 aromatic carbocycles. The van der Waals surface area contributed by atoms with Crippen LogP contribution in [0.15, 0.2) is 30.3 Å². The van der Waals surface area contributed by atoms with E-state index in [9.17, 15) is 9.90 Å². The van der Waals surface area contributed by atoms with Crippen molar-refractivity contribution in [2.45, 2.75) is 18.6 Å². The molecule has 94 valence electrons. The highest BCUT2D eigenvalue weighted by atomic mass is 16.7. The number of aliphatic hydroxyl groups is 1. The number of carbonyl (C=O) groups is 1. The summed E-state index contributed by atoms with van der Waals surface area (Å²) >= 11 is 0. The van der Waals surface area contributed by atoms with Gasteiger partial charge < -0.3 is 10.8 Å². The number of likely N-dealkylation sites (N-methyl/N-ethyl adjacent to an activating group) is 1. The summed E-state index contributed by atoms with van der Waals surface area (Å²) in [6, 6.07) is 8.82. The molecule has 2 atom stereocenters. The molecule has 0 bridgehead atoms. The number of nitrogens with two attached hydrogens (primary N) is 1. The van der Waals surface area contributed by atoms with Gasteiger partial charge in [0.15, 0.2) is 0 Å². The predicted octanol–water partition coefficient (Wildman–Crippen LogP) is -0.0629. The molecule has 0 aliphatic rings. The van der Waals surface area contributed by atoms with Gasteiger partial charge in [-0.2, -0.15) is 0 Å². The molecule has 1 aromatic rings. The number of benzene rings is 1. The highest BCUT2D eigenvalue weighted by Crippen LogP contribution is 2.06. The Bertz CT molecular complexity index is 356. The van der Waals surface area contributed by atoms with Gasteiger partial charge in [-0.3, -0.25) is 9.63 Å². The molecule has 0 aliphatic carbocycles. The Balaban J connectivity index is 2.58. The maximum atomic E-state index is 11.6. The highest BCUT2D eigenvalue weighted by Gasteiger charge is 2.26. The van der Waals surface area contributed by atoms with Gasteiger partial charge in [0, 0.05) is 13.1 Å². The van der Waals surface area contributed by atoms with Gasteiger partial charge >= 0.3 is 0 Å². The molecule has 0 unspecified atom stereocenters. The van der Waals surface area contributed by atoms with Crippen molar-refractivity contribution < 1.29 is 14.7 Å². The molecular formula is C12H18N2O3. The van der Waals surface area contributed by atoms with Gasteiger partial charge in [0.2, 0.25) is 0 Å². The summed E-state index contributed by atoms with van der Waals surface area (Å²) < 4.78 is 0. The maximum absolute atomic E-state index is 11.6. The van der Waals surface area contributed by atoms with Crippen molar-refractivity contribution in [3.05, 3.63) is 35.9 Å². The lowest BCUT2D eigenvalue weighted by molar-refractivity contribution is -0.178. The lowest BCUT2D eigenvalue weighted by Crippen LogP contribution is -2.47. The fourth-order valence-electron chi connectivity index (χ4n) is 1.46. The number of hydrogen-bond acceptors (Lipinski definition) is 4. The fourth-order valence-corrected chi connectivity index (χ4v) is 1.46. The van der Waals surface area contributed by atoms with E-state index < -0.39 is 18.1 Å². The van der Waals surface area contributed by atoms with Gasteiger partial charge in [0.1, 0.15) is 6.10 Å². The molecule has 0 aliphatic heterocycles. The largest absolute Gasteiger partial charge is 0.382 e. The third-order valence-corrected chi connectivity index (χ3v) is 2.56. The van der Waals surface area contributed by atoms with Crippen LogP contribution in [0.25, 0.3) is 0 Å². The Kier molecular flexibility index (Phi) is 5.09. The molecule has 1 rings (SSSR count). The zero-order valence-corrected chi connectivity index (χ0v) is 10.0. The minimum atomic E-state index is -1.26. The summed E-state index contributed by atoms with van der Waals surface area (Å²) in [6.45, 7) is 0. The average Bonchev–Trinajstić information content (AvgIpc) is 2.37. The van der Waals surface area contributed by atoms with Gasteiger partial charge in [-0.15, -0.1) is 0 Å². The molecule has 0 fully saturated rings. The van der Waals surface area contributed by atoms with Crippen molar-refractivity contribution in [1.29, 1.82) is 0 Å². The minimum Gasteiger partial charge on any atom is -0.382 e. The van der Waals surface area contributed by atoms with Crippen molar-refractivity contribution in [1.82, 2.24) is 5.06 Å². The SMILES string of the molecule is CON(C)C(=O)[C@@H](O)[C@H](N)Cc1ccccc1. The number of carbonyl (C=O) groups excluding carboxylic acids is 1. The summed E-state index contributed by atoms with van der Waals surface area (Å²) in [6.07, 6.45) is -0.828. The van der Waals surface area contributed by atoms with E-state index in [0.29, 0.717) is 6.42 Å². The molecule has 0 spiro atoms. The minimum absolute atomic E-state index is 0.436. The van der Waals surface area contributed by atoms with Crippen LogP contribution in [0.2, 0.25) is 0 Å². The zero-order chi connectivity index (χ0) is 12.8. The van der Waals surface area contributed by atoms with Crippen LogP contribution in [0.1, 0.15) is 5.56 Å². The Morgan fingerprint density at radius 3 is 2.59 bits per heavy atom. The number of aliphatic hydroxyl groups excluding tert-OH is 1. The molecular weight excluding hydrogens is 220 g/mol. The van der Waals surface area contributed by atoms with Crippen LogP contribution >= 0.6 is 0 Å². The van der Waals surface area contributed by atoms with Crippen molar-refractivity contribution in [2.24, 2.45) is 5.73 Å². The molecule has 0 aromatic heterocycles. The van der Waals surface area contributed by atoms with E-state index >= 15 is 0 Å². The molecule has 17 heavy (non-hydrogen) atoms. The number of nitrogens with zero attached hydrogens (tertiary/aromatic N) is 1. The molecule has 0 radical (unpaired) electrons. The van der Waals surface area contributed by atoms with Crippen LogP contribution in [0, 0.1) is 0 Å². The molecule has 1 amide bonds. The molecule has 5 heteroatoms. The smallest absolute Gasteiger partial charge is 0.276 e. The van der Waals surface area contributed by atoms with E-state index in [0.717, 1.165) is 10.6 Å². The van der Waals surface area contributed by atoms with Gasteiger partial charge in [-0.05, 0) is 12.0 Å². The molecule has 0 saturated heterocycles. The Labute approximate surface area is 101 Å². The maximum Gasteiger partial charge on any atom is 0.276 e. The van der Waals surface area contributed by atoms with Crippen molar-refractivity contribution in [2.75, 3.05) is 14.2 Å². The van der Waals surface area contributed by atoms with Crippen molar-refractivity contribution in [3.8, 4) is 0 Å². The Hall–Kier alpha value is -1.43. The molecule has 3 N–H and O–H groups in total. The first kappa shape index (κ1) is 13.6. The molecule has 5 nitrogen and oxygen atoms in total. The number of hydroxylamine groups is 2. The van der Waals surface area contributed by atoms with E-state index in [4.69, 9.17) is 10.6 Å². The predicted molar refractivity (Wildman–Crippen MR) is 63.9 cm³/mol. The van der Waals surface area contributed by atoms with Gasteiger partial charge in [0.05, 0.1) is 7.11 Å². The fraction of sp³-hybridized carbons (Fsp3) is 0.417. The summed E-state index contributed by atoms with van der Waals surface area (Å²) in [7, 11) is 2.79. The van der Waals surface area contributed by atoms with Crippen LogP contribution < -0.4 is 5.73 Å². The van der Waals surface area contributed by atoms with Gasteiger partial charge in [-0.25, -0.2) is 5.06 Å². The van der Waals surface area contributed by atoms with E-state index in [2.05, 4.69) is 0 Å². The Morgan fingerprint density at radius 2 is 2.06 bits per heavy atom. The summed E-state index contributed by atoms with van der Waals surface area (Å²) in [5, 5.41) is 10.7. The molecule has 0 saturated carbocycles. The average molecular weight is 238 g/mol. The summed E-state index contributed by atoms with van der Waals surface area (Å²) in [4.78, 5) is 16.3. The van der Waals surface area contributed by atoms with Crippen LogP contribution in [0.4, 0.5) is 0 Å². The lowest BCUT2D eigenvalue weighted by Gasteiger charge is -2.22. The highest BCUT2D eigenvalue weighted by molar-refractivity contribution is 5.80. The van der Waals surface area contributed by atoms with Crippen LogP contribution in [0.5, 0.6) is 0 Å². The van der Waals surface area contributed by atoms with E-state index in [1.807, 2.05) is 30.3 Å². The normalized spacial score (nSPS) is 14.1. The van der Waals surface area contributed by atoms with E-state index in [-0.39, 0.29) is 0 Å². The number of rotatable bonds is 5. The second-order valence-corrected chi connectivity index (χ2v) is 3.82. The second-order valence-electron chi connectivity index (χ2n) is 3.82. The lowest BCUT2D eigenvalue weighted by atomic mass is 10.0. The summed E-state index contributed by atoms with van der Waals surface area (Å²) in [5.74, 6) is -0.545. The first-order chi connectivity index (χ1) is 8.06. The van der Waals surface area contributed by atoms with E-state index in [1.165, 1.54) is 14.2 Å². The van der Waals surface area contributed by atoms with Gasteiger partial charge in [0.25, 0.3) is 5.91 Å². The van der Waals surface area contributed by atoms with E-state index in [1.54, 1.807) is 0 Å². The third-order valence-electron chi connectivity index (χ3n) is 2.56. The summed E-state index contributed by atoms with van der Waals surface area (Å²) in [5.41, 5.74) is 6.77. The van der Waals surface area contributed by atoms with Crippen LogP contribution in [-0.2, 0) is 16.1 Å². The quantitative estimate of drug-likeness (QED) is 0.704. The van der Waals surface area contributed by atoms with Crippen molar-refractivity contribution >= 4 is 5.91 Å². The topological polar surface area (TPSA) is 75.8 Å². The zero-order valence-electron chi connectivity index (χ0n) is 10.0. The van der Waals surface area contributed by atoms with Gasteiger partial charge in [-0.1, -0.05) is 30.3 Å². The Morgan fingerprint density at radius 1 is 1.47 bits per heavy atom. The third kappa shape index (κ3) is 3.81. The van der Waals surface area contributed by atoms with Crippen LogP contribution in [0.3, 0.4) is 0 Å². The number of hydrogen-bond donors (Lipinski definition) is 2. The van der Waals surface area contributed by atoms with Crippen molar-refractivity contribution in [3.63, 3.8) is 0 Å². The standard InChI is InChI=1S/C12H18N2O3/c1-14(17-2)12(16)11(15)10(13)8-9-6-4-3-5-7-9/h3-7,10-11,15H,8,13H2,1-2H3/t10-,11+/m1/s1. The first-order valence-corrected chi connectivity index (χ1v) is 5.35. The number of amides is 1. The van der Waals surface area contributed by atoms with Crippen LogP contribution in [-0.4, -0.2) is 42.4 Å².